The second-order valence-corrected chi connectivity index (χ2v) is 7.25. The van der Waals surface area contributed by atoms with E-state index in [1.807, 2.05) is 0 Å². The number of hydrogen-bond donors (Lipinski definition) is 0. The van der Waals surface area contributed by atoms with E-state index >= 15 is 0 Å². The van der Waals surface area contributed by atoms with Crippen molar-refractivity contribution in [3.63, 3.8) is 0 Å². The fraction of sp³-hybridized carbons (Fsp3) is 0.556. The first-order valence-corrected chi connectivity index (χ1v) is 7.39. The molecule has 0 N–H and O–H groups in total. The van der Waals surface area contributed by atoms with Gasteiger partial charge in [-0.1, -0.05) is 50.6 Å². The van der Waals surface area contributed by atoms with Crippen LogP contribution in [-0.4, -0.2) is 6.61 Å². The van der Waals surface area contributed by atoms with Gasteiger partial charge in [-0.05, 0) is 37.2 Å². The second kappa shape index (κ2) is 4.40. The van der Waals surface area contributed by atoms with Gasteiger partial charge in [-0.25, -0.2) is 0 Å². The third-order valence-corrected chi connectivity index (χ3v) is 4.77. The third kappa shape index (κ3) is 2.43. The van der Waals surface area contributed by atoms with E-state index < -0.39 is 0 Å². The van der Waals surface area contributed by atoms with Crippen LogP contribution in [0.2, 0.25) is 0 Å². The monoisotopic (exact) mass is 256 g/mol. The van der Waals surface area contributed by atoms with Gasteiger partial charge in [0.05, 0.1) is 6.61 Å². The Morgan fingerprint density at radius 3 is 2.68 bits per heavy atom. The summed E-state index contributed by atoms with van der Waals surface area (Å²) in [4.78, 5) is 0. The Bertz CT molecular complexity index is 512. The Morgan fingerprint density at radius 2 is 1.95 bits per heavy atom. The Hall–Kier alpha value is -1.24. The van der Waals surface area contributed by atoms with Gasteiger partial charge in [-0.3, -0.25) is 0 Å². The lowest BCUT2D eigenvalue weighted by Crippen LogP contribution is -2.26. The average molecular weight is 256 g/mol. The van der Waals surface area contributed by atoms with Crippen molar-refractivity contribution < 1.29 is 4.74 Å². The highest BCUT2D eigenvalue weighted by Crippen LogP contribution is 2.45. The van der Waals surface area contributed by atoms with Crippen LogP contribution in [0.4, 0.5) is 0 Å². The van der Waals surface area contributed by atoms with Crippen molar-refractivity contribution >= 4 is 0 Å². The summed E-state index contributed by atoms with van der Waals surface area (Å²) in [5, 5.41) is 0. The van der Waals surface area contributed by atoms with Crippen molar-refractivity contribution in [2.45, 2.75) is 51.9 Å². The fourth-order valence-corrected chi connectivity index (χ4v) is 3.34. The van der Waals surface area contributed by atoms with Crippen LogP contribution in [0.3, 0.4) is 0 Å². The lowest BCUT2D eigenvalue weighted by atomic mass is 9.72. The molecule has 0 saturated carbocycles. The highest BCUT2D eigenvalue weighted by Gasteiger charge is 2.37. The Morgan fingerprint density at radius 1 is 1.16 bits per heavy atom. The molecule has 0 aromatic heterocycles. The first-order chi connectivity index (χ1) is 8.99. The molecule has 0 radical (unpaired) electrons. The van der Waals surface area contributed by atoms with Crippen LogP contribution in [0.15, 0.2) is 35.9 Å². The number of para-hydroxylation sites is 1. The molecule has 19 heavy (non-hydrogen) atoms. The summed E-state index contributed by atoms with van der Waals surface area (Å²) in [6.45, 7) is 7.92. The zero-order valence-corrected chi connectivity index (χ0v) is 12.3. The number of hydrogen-bond acceptors (Lipinski definition) is 1. The maximum atomic E-state index is 5.87. The largest absolute Gasteiger partial charge is 0.492 e. The molecular weight excluding hydrogens is 232 g/mol. The van der Waals surface area contributed by atoms with Gasteiger partial charge in [0.1, 0.15) is 5.75 Å². The summed E-state index contributed by atoms with van der Waals surface area (Å²) in [5.74, 6) is 1.08. The van der Waals surface area contributed by atoms with Gasteiger partial charge in [0, 0.05) is 11.0 Å². The van der Waals surface area contributed by atoms with Crippen LogP contribution >= 0.6 is 0 Å². The van der Waals surface area contributed by atoms with Crippen molar-refractivity contribution in [2.24, 2.45) is 5.41 Å². The maximum Gasteiger partial charge on any atom is 0.123 e. The number of rotatable bonds is 2. The number of fused-ring (bicyclic) bond motifs is 1. The minimum Gasteiger partial charge on any atom is -0.492 e. The molecule has 1 atom stereocenters. The van der Waals surface area contributed by atoms with Gasteiger partial charge in [0.25, 0.3) is 0 Å². The second-order valence-electron chi connectivity index (χ2n) is 7.25. The Labute approximate surface area is 116 Å². The first kappa shape index (κ1) is 12.8. The molecule has 0 spiro atoms. The summed E-state index contributed by atoms with van der Waals surface area (Å²) in [5.41, 5.74) is 3.68. The predicted molar refractivity (Wildman–Crippen MR) is 79.6 cm³/mol. The summed E-state index contributed by atoms with van der Waals surface area (Å²) < 4.78 is 5.87. The Balaban J connectivity index is 1.80. The summed E-state index contributed by atoms with van der Waals surface area (Å²) in [6.07, 6.45) is 7.43. The van der Waals surface area contributed by atoms with E-state index in [2.05, 4.69) is 51.1 Å². The van der Waals surface area contributed by atoms with Crippen LogP contribution in [-0.2, 0) is 5.41 Å². The standard InChI is InChI=1S/C18H24O/c1-17(2)10-8-14(9-11-17)12-18(3)13-19-16-7-5-4-6-15(16)18/h4-8H,9-13H2,1-3H3/t18-/m0/s1. The normalized spacial score (nSPS) is 28.5. The number of ether oxygens (including phenoxy) is 1. The molecule has 0 saturated heterocycles. The molecule has 102 valence electrons. The molecule has 1 aromatic carbocycles. The smallest absolute Gasteiger partial charge is 0.123 e. The Kier molecular flexibility index (Phi) is 2.96. The minimum absolute atomic E-state index is 0.171. The molecule has 1 nitrogen and oxygen atoms in total. The summed E-state index contributed by atoms with van der Waals surface area (Å²) in [6, 6.07) is 8.52. The van der Waals surface area contributed by atoms with Gasteiger partial charge < -0.3 is 4.74 Å². The van der Waals surface area contributed by atoms with Gasteiger partial charge >= 0.3 is 0 Å². The topological polar surface area (TPSA) is 9.23 Å². The van der Waals surface area contributed by atoms with E-state index in [0.717, 1.165) is 18.8 Å². The molecule has 1 aromatic rings. The fourth-order valence-electron chi connectivity index (χ4n) is 3.34. The van der Waals surface area contributed by atoms with Crippen LogP contribution in [0.5, 0.6) is 5.75 Å². The van der Waals surface area contributed by atoms with E-state index in [1.165, 1.54) is 24.8 Å². The number of allylic oxidation sites excluding steroid dienone is 2. The van der Waals surface area contributed by atoms with E-state index in [-0.39, 0.29) is 5.41 Å². The minimum atomic E-state index is 0.171. The highest BCUT2D eigenvalue weighted by atomic mass is 16.5. The van der Waals surface area contributed by atoms with Crippen molar-refractivity contribution in [2.75, 3.05) is 6.61 Å². The van der Waals surface area contributed by atoms with E-state index in [0.29, 0.717) is 5.41 Å². The molecule has 2 aliphatic rings. The van der Waals surface area contributed by atoms with Gasteiger partial charge in [-0.15, -0.1) is 0 Å². The molecular formula is C18H24O. The number of benzene rings is 1. The molecule has 1 heteroatoms. The molecule has 0 fully saturated rings. The molecule has 1 aliphatic heterocycles. The quantitative estimate of drug-likeness (QED) is 0.686. The van der Waals surface area contributed by atoms with Gasteiger partial charge in [-0.2, -0.15) is 0 Å². The lowest BCUT2D eigenvalue weighted by molar-refractivity contribution is 0.267. The van der Waals surface area contributed by atoms with E-state index in [9.17, 15) is 0 Å². The molecule has 0 bridgehead atoms. The van der Waals surface area contributed by atoms with Crippen molar-refractivity contribution in [3.8, 4) is 5.75 Å². The zero-order valence-electron chi connectivity index (χ0n) is 12.3. The first-order valence-electron chi connectivity index (χ1n) is 7.39. The molecule has 0 unspecified atom stereocenters. The molecule has 3 rings (SSSR count). The average Bonchev–Trinajstić information content (AvgIpc) is 2.71. The predicted octanol–water partition coefficient (Wildman–Crippen LogP) is 4.86. The third-order valence-electron chi connectivity index (χ3n) is 4.77. The molecule has 0 amide bonds. The van der Waals surface area contributed by atoms with Crippen LogP contribution in [0.25, 0.3) is 0 Å². The van der Waals surface area contributed by atoms with Gasteiger partial charge in [0.15, 0.2) is 0 Å². The van der Waals surface area contributed by atoms with Crippen LogP contribution < -0.4 is 4.74 Å². The summed E-state index contributed by atoms with van der Waals surface area (Å²) in [7, 11) is 0. The van der Waals surface area contributed by atoms with E-state index in [1.54, 1.807) is 5.57 Å². The van der Waals surface area contributed by atoms with Crippen molar-refractivity contribution in [1.82, 2.24) is 0 Å². The molecule has 1 heterocycles. The zero-order chi connectivity index (χ0) is 13.5. The lowest BCUT2D eigenvalue weighted by Gasteiger charge is -2.32. The van der Waals surface area contributed by atoms with Crippen molar-refractivity contribution in [3.05, 3.63) is 41.5 Å². The van der Waals surface area contributed by atoms with Crippen LogP contribution in [0, 0.1) is 5.41 Å². The van der Waals surface area contributed by atoms with Gasteiger partial charge in [0.2, 0.25) is 0 Å². The maximum absolute atomic E-state index is 5.87. The van der Waals surface area contributed by atoms with Crippen molar-refractivity contribution in [1.29, 1.82) is 0 Å². The SMILES string of the molecule is CC1(C)CC=C(C[C@@]2(C)COc3ccccc32)CC1. The summed E-state index contributed by atoms with van der Waals surface area (Å²) >= 11 is 0. The van der Waals surface area contributed by atoms with Crippen LogP contribution in [0.1, 0.15) is 52.0 Å². The highest BCUT2D eigenvalue weighted by molar-refractivity contribution is 5.44. The van der Waals surface area contributed by atoms with E-state index in [4.69, 9.17) is 4.74 Å². The molecule has 1 aliphatic carbocycles.